The Labute approximate surface area is 243 Å². The number of likely N-dealkylation sites (N-methyl/N-ethyl adjacent to an activating group) is 1. The Balaban J connectivity index is 0.00000142. The van der Waals surface area contributed by atoms with Crippen molar-refractivity contribution in [2.45, 2.75) is 83.2 Å². The third-order valence-corrected chi connectivity index (χ3v) is 6.99. The summed E-state index contributed by atoms with van der Waals surface area (Å²) in [5, 5.41) is 15.9. The topological polar surface area (TPSA) is 104 Å². The van der Waals surface area contributed by atoms with Crippen LogP contribution in [0.4, 0.5) is 5.82 Å². The Morgan fingerprint density at radius 1 is 1.28 bits per heavy atom. The largest absolute Gasteiger partial charge is 0.480 e. The Bertz CT molecular complexity index is 950. The number of nitrogens with zero attached hydrogens (tertiary/aromatic N) is 2. The summed E-state index contributed by atoms with van der Waals surface area (Å²) < 4.78 is 5.64. The Hall–Kier alpha value is -2.47. The van der Waals surface area contributed by atoms with Gasteiger partial charge in [-0.3, -0.25) is 4.79 Å². The fourth-order valence-electron chi connectivity index (χ4n) is 4.11. The zero-order valence-electron chi connectivity index (χ0n) is 23.5. The molecule has 8 nitrogen and oxygen atoms in total. The van der Waals surface area contributed by atoms with Crippen LogP contribution in [-0.2, 0) is 27.2 Å². The monoisotopic (exact) mass is 582 g/mol. The number of aliphatic carboxylic acids is 1. The van der Waals surface area contributed by atoms with Crippen molar-refractivity contribution in [3.8, 4) is 12.8 Å². The van der Waals surface area contributed by atoms with Gasteiger partial charge in [0.25, 0.3) is 0 Å². The number of carboxylic acid groups (broad SMARTS) is 1. The van der Waals surface area contributed by atoms with Gasteiger partial charge in [0.05, 0.1) is 0 Å². The number of carboxylic acids is 1. The van der Waals surface area contributed by atoms with Gasteiger partial charge in [-0.05, 0) is 62.7 Å². The normalized spacial score (nSPS) is 15.6. The van der Waals surface area contributed by atoms with Gasteiger partial charge in [0.15, 0.2) is 0 Å². The summed E-state index contributed by atoms with van der Waals surface area (Å²) in [6, 6.07) is 3.24. The zero-order chi connectivity index (χ0) is 29.3. The van der Waals surface area contributed by atoms with Crippen molar-refractivity contribution in [3.05, 3.63) is 34.6 Å². The number of carbonyl (C=O) groups excluding carboxylic acids is 1. The molecule has 0 aromatic carbocycles. The fraction of sp³-hybridized carbons (Fsp3) is 0.621. The molecule has 0 radical (unpaired) electrons. The van der Waals surface area contributed by atoms with E-state index in [0.717, 1.165) is 50.2 Å². The molecule has 3 N–H and O–H groups in total. The number of halogens is 2. The molecule has 2 heterocycles. The van der Waals surface area contributed by atoms with Crippen molar-refractivity contribution in [1.29, 1.82) is 0 Å². The van der Waals surface area contributed by atoms with E-state index >= 15 is 0 Å². The average molecular weight is 584 g/mol. The molecule has 218 valence electrons. The molecule has 1 fully saturated rings. The van der Waals surface area contributed by atoms with E-state index in [9.17, 15) is 14.7 Å². The van der Waals surface area contributed by atoms with E-state index in [0.29, 0.717) is 24.6 Å². The number of aromatic nitrogens is 1. The van der Waals surface area contributed by atoms with Crippen molar-refractivity contribution in [2.75, 3.05) is 38.0 Å². The number of allylic oxidation sites excluding steroid dienone is 1. The smallest absolute Gasteiger partial charge is 0.326 e. The van der Waals surface area contributed by atoms with Crippen LogP contribution >= 0.6 is 23.2 Å². The van der Waals surface area contributed by atoms with Crippen LogP contribution in [0.5, 0.6) is 0 Å². The quantitative estimate of drug-likeness (QED) is 0.120. The van der Waals surface area contributed by atoms with E-state index in [2.05, 4.69) is 49.5 Å². The van der Waals surface area contributed by atoms with Gasteiger partial charge < -0.3 is 25.4 Å². The van der Waals surface area contributed by atoms with E-state index in [-0.39, 0.29) is 24.8 Å². The first-order valence-corrected chi connectivity index (χ1v) is 14.5. The Morgan fingerprint density at radius 3 is 2.59 bits per heavy atom. The second-order valence-corrected chi connectivity index (χ2v) is 10.2. The lowest BCUT2D eigenvalue weighted by atomic mass is 10.1. The number of aryl methyl sites for hydroxylation is 2. The number of unbranched alkanes of at least 4 members (excludes halogenated alkanes) is 1. The lowest BCUT2D eigenvalue weighted by Gasteiger charge is -2.29. The van der Waals surface area contributed by atoms with Gasteiger partial charge in [0, 0.05) is 44.8 Å². The van der Waals surface area contributed by atoms with Gasteiger partial charge >= 0.3 is 5.97 Å². The minimum absolute atomic E-state index is 0.199. The number of amides is 1. The second-order valence-electron chi connectivity index (χ2n) is 9.54. The highest BCUT2D eigenvalue weighted by Crippen LogP contribution is 2.43. The first-order chi connectivity index (χ1) is 18.8. The highest BCUT2D eigenvalue weighted by atomic mass is 35.5. The van der Waals surface area contributed by atoms with Gasteiger partial charge in [-0.25, -0.2) is 9.78 Å². The highest BCUT2D eigenvalue weighted by Gasteiger charge is 2.54. The molecule has 39 heavy (non-hydrogen) atoms. The van der Waals surface area contributed by atoms with Crippen LogP contribution in [0, 0.1) is 12.8 Å². The van der Waals surface area contributed by atoms with E-state index in [1.807, 2.05) is 0 Å². The number of ether oxygens (including phenoxy) is 1. The lowest BCUT2D eigenvalue weighted by Crippen LogP contribution is -2.52. The second kappa shape index (κ2) is 18.8. The first kappa shape index (κ1) is 34.6. The number of hydrogen-bond acceptors (Lipinski definition) is 6. The molecule has 1 aliphatic heterocycles. The number of nitrogens with one attached hydrogen (secondary N) is 2. The minimum Gasteiger partial charge on any atom is -0.480 e. The summed E-state index contributed by atoms with van der Waals surface area (Å²) in [6.45, 7) is 6.02. The molecular formula is C29H44Cl2N4O4. The fourth-order valence-corrected chi connectivity index (χ4v) is 4.57. The van der Waals surface area contributed by atoms with Crippen molar-refractivity contribution in [1.82, 2.24) is 15.2 Å². The summed E-state index contributed by atoms with van der Waals surface area (Å²) in [6.07, 6.45) is 17.2. The zero-order valence-corrected chi connectivity index (χ0v) is 25.0. The van der Waals surface area contributed by atoms with Crippen molar-refractivity contribution in [3.63, 3.8) is 0 Å². The molecule has 1 unspecified atom stereocenters. The molecule has 1 amide bonds. The molecule has 1 atom stereocenters. The summed E-state index contributed by atoms with van der Waals surface area (Å²) in [5.74, 6) is -0.171. The van der Waals surface area contributed by atoms with Gasteiger partial charge in [-0.1, -0.05) is 37.9 Å². The summed E-state index contributed by atoms with van der Waals surface area (Å²) in [5.41, 5.74) is 1.54. The molecule has 2 aliphatic rings. The third-order valence-electron chi connectivity index (χ3n) is 6.43. The van der Waals surface area contributed by atoms with Crippen LogP contribution < -0.4 is 10.6 Å². The van der Waals surface area contributed by atoms with Crippen molar-refractivity contribution in [2.24, 2.45) is 0 Å². The molecule has 1 aliphatic carbocycles. The maximum Gasteiger partial charge on any atom is 0.326 e. The van der Waals surface area contributed by atoms with Crippen LogP contribution in [0.3, 0.4) is 0 Å². The number of carbonyl (C=O) groups is 2. The average Bonchev–Trinajstić information content (AvgIpc) is 3.75. The molecule has 1 saturated carbocycles. The number of terminal acetylenes is 1. The van der Waals surface area contributed by atoms with Crippen molar-refractivity contribution < 1.29 is 19.4 Å². The minimum atomic E-state index is -1.08. The molecule has 3 rings (SSSR count). The Kier molecular flexibility index (Phi) is 16.6. The highest BCUT2D eigenvalue weighted by molar-refractivity contribution is 6.30. The number of fused-ring (bicyclic) bond motifs is 1. The molecule has 1 aromatic heterocycles. The molecule has 0 saturated heterocycles. The SMILES string of the molecule is C#C.CCC.CN(/C(Cl)=C\CCl)C1(C(=O)NC(CCOCCCCc2ccc3c(n2)NCCC3)C(=O)O)CC1. The van der Waals surface area contributed by atoms with E-state index < -0.39 is 17.6 Å². The van der Waals surface area contributed by atoms with Crippen LogP contribution in [0.15, 0.2) is 23.4 Å². The first-order valence-electron chi connectivity index (χ1n) is 13.6. The number of alkyl halides is 1. The lowest BCUT2D eigenvalue weighted by molar-refractivity contribution is -0.143. The van der Waals surface area contributed by atoms with Gasteiger partial charge in [-0.15, -0.1) is 24.4 Å². The van der Waals surface area contributed by atoms with Crippen molar-refractivity contribution >= 4 is 40.9 Å². The van der Waals surface area contributed by atoms with Gasteiger partial charge in [0.1, 0.15) is 22.6 Å². The maximum atomic E-state index is 12.8. The van der Waals surface area contributed by atoms with Crippen LogP contribution in [-0.4, -0.2) is 71.1 Å². The maximum absolute atomic E-state index is 12.8. The summed E-state index contributed by atoms with van der Waals surface area (Å²) in [7, 11) is 1.72. The molecule has 10 heteroatoms. The Morgan fingerprint density at radius 2 is 1.97 bits per heavy atom. The predicted molar refractivity (Wildman–Crippen MR) is 159 cm³/mol. The number of anilines is 1. The van der Waals surface area contributed by atoms with Crippen LogP contribution in [0.1, 0.15) is 70.1 Å². The van der Waals surface area contributed by atoms with E-state index in [1.165, 1.54) is 12.0 Å². The molecule has 0 spiro atoms. The van der Waals surface area contributed by atoms with E-state index in [4.69, 9.17) is 32.9 Å². The summed E-state index contributed by atoms with van der Waals surface area (Å²) in [4.78, 5) is 30.8. The predicted octanol–water partition coefficient (Wildman–Crippen LogP) is 5.19. The summed E-state index contributed by atoms with van der Waals surface area (Å²) >= 11 is 11.9. The van der Waals surface area contributed by atoms with E-state index in [1.54, 1.807) is 18.0 Å². The molecular weight excluding hydrogens is 539 g/mol. The molecule has 1 aromatic rings. The van der Waals surface area contributed by atoms with Gasteiger partial charge in [-0.2, -0.15) is 0 Å². The van der Waals surface area contributed by atoms with Crippen LogP contribution in [0.2, 0.25) is 0 Å². The number of rotatable bonds is 14. The van der Waals surface area contributed by atoms with Crippen LogP contribution in [0.25, 0.3) is 0 Å². The standard InChI is InChI=1S/C24H34Cl2N4O4.C3H8.C2H2/c1-30(20(26)9-13-25)24(11-12-24)23(33)29-19(22(31)32)10-16-34-15-3-2-6-18-8-7-17-5-4-14-27-21(17)28-18;1-3-2;1-2/h7-9,19H,2-6,10-16H2,1H3,(H,27,28)(H,29,33)(H,31,32);3H2,1-2H3;1-2H/b20-9-;;. The number of pyridine rings is 1. The molecule has 0 bridgehead atoms. The number of hydrogen-bond donors (Lipinski definition) is 3. The third kappa shape index (κ3) is 11.3. The van der Waals surface area contributed by atoms with Gasteiger partial charge in [0.2, 0.25) is 5.91 Å².